The highest BCUT2D eigenvalue weighted by Crippen LogP contribution is 2.13. The maximum atomic E-state index is 11.5. The zero-order valence-corrected chi connectivity index (χ0v) is 11.4. The van der Waals surface area contributed by atoms with Crippen molar-refractivity contribution in [3.8, 4) is 0 Å². The van der Waals surface area contributed by atoms with E-state index in [1.54, 1.807) is 6.92 Å². The van der Waals surface area contributed by atoms with Gasteiger partial charge in [-0.05, 0) is 36.1 Å². The molecule has 0 saturated carbocycles. The van der Waals surface area contributed by atoms with Crippen LogP contribution in [0, 0.1) is 12.8 Å². The van der Waals surface area contributed by atoms with Crippen molar-refractivity contribution in [2.75, 3.05) is 0 Å². The Morgan fingerprint density at radius 1 is 1.32 bits per heavy atom. The van der Waals surface area contributed by atoms with Crippen LogP contribution in [0.25, 0.3) is 10.9 Å². The lowest BCUT2D eigenvalue weighted by molar-refractivity contribution is -0.124. The quantitative estimate of drug-likeness (QED) is 0.885. The molecule has 2 N–H and O–H groups in total. The van der Waals surface area contributed by atoms with Crippen molar-refractivity contribution >= 4 is 16.8 Å². The first-order valence-electron chi connectivity index (χ1n) is 6.37. The summed E-state index contributed by atoms with van der Waals surface area (Å²) in [7, 11) is 0. The van der Waals surface area contributed by atoms with E-state index in [2.05, 4.69) is 10.3 Å². The van der Waals surface area contributed by atoms with Gasteiger partial charge < -0.3 is 10.3 Å². The topological polar surface area (TPSA) is 62.0 Å². The number of aromatic nitrogens is 1. The minimum absolute atomic E-state index is 0.0148. The van der Waals surface area contributed by atoms with Gasteiger partial charge >= 0.3 is 0 Å². The molecule has 1 aromatic heterocycles. The van der Waals surface area contributed by atoms with Crippen molar-refractivity contribution in [1.29, 1.82) is 0 Å². The van der Waals surface area contributed by atoms with Crippen LogP contribution < -0.4 is 10.9 Å². The Kier molecular flexibility index (Phi) is 3.69. The van der Waals surface area contributed by atoms with Gasteiger partial charge in [-0.15, -0.1) is 0 Å². The molecule has 1 aromatic carbocycles. The van der Waals surface area contributed by atoms with Crippen LogP contribution in [-0.4, -0.2) is 10.9 Å². The van der Waals surface area contributed by atoms with Gasteiger partial charge in [0.25, 0.3) is 5.56 Å². The van der Waals surface area contributed by atoms with Gasteiger partial charge in [0.05, 0.1) is 0 Å². The standard InChI is InChI=1S/C15H18N2O2/c1-9(2)14(18)16-8-11-4-5-13-12(7-11)6-10(3)15(19)17-13/h4-7,9H,8H2,1-3H3,(H,16,18)(H,17,19). The summed E-state index contributed by atoms with van der Waals surface area (Å²) in [6.45, 7) is 6.02. The Hall–Kier alpha value is -2.10. The van der Waals surface area contributed by atoms with Crippen LogP contribution in [0.15, 0.2) is 29.1 Å². The second kappa shape index (κ2) is 5.26. The van der Waals surface area contributed by atoms with Crippen molar-refractivity contribution in [2.24, 2.45) is 5.92 Å². The number of pyridine rings is 1. The molecule has 0 aliphatic carbocycles. The highest BCUT2D eigenvalue weighted by molar-refractivity contribution is 5.80. The number of rotatable bonds is 3. The highest BCUT2D eigenvalue weighted by atomic mass is 16.1. The summed E-state index contributed by atoms with van der Waals surface area (Å²) in [5, 5.41) is 3.86. The van der Waals surface area contributed by atoms with Gasteiger partial charge in [0.2, 0.25) is 5.91 Å². The summed E-state index contributed by atoms with van der Waals surface area (Å²) in [4.78, 5) is 25.8. The van der Waals surface area contributed by atoms with Gasteiger partial charge in [-0.1, -0.05) is 19.9 Å². The number of benzene rings is 1. The van der Waals surface area contributed by atoms with E-state index in [1.807, 2.05) is 38.1 Å². The first-order chi connectivity index (χ1) is 8.97. The molecule has 2 aromatic rings. The van der Waals surface area contributed by atoms with Crippen LogP contribution in [0.5, 0.6) is 0 Å². The molecular formula is C15H18N2O2. The predicted octanol–water partition coefficient (Wildman–Crippen LogP) is 2.11. The molecule has 4 nitrogen and oxygen atoms in total. The van der Waals surface area contributed by atoms with Gasteiger partial charge in [-0.25, -0.2) is 0 Å². The van der Waals surface area contributed by atoms with Crippen molar-refractivity contribution < 1.29 is 4.79 Å². The van der Waals surface area contributed by atoms with Gasteiger partial charge in [0.15, 0.2) is 0 Å². The molecular weight excluding hydrogens is 240 g/mol. The number of aromatic amines is 1. The summed E-state index contributed by atoms with van der Waals surface area (Å²) in [5.74, 6) is 0.0248. The third-order valence-corrected chi connectivity index (χ3v) is 3.09. The lowest BCUT2D eigenvalue weighted by Crippen LogP contribution is -2.27. The molecule has 4 heteroatoms. The zero-order chi connectivity index (χ0) is 14.0. The highest BCUT2D eigenvalue weighted by Gasteiger charge is 2.06. The summed E-state index contributed by atoms with van der Waals surface area (Å²) in [5.41, 5.74) is 2.46. The van der Waals surface area contributed by atoms with Gasteiger partial charge in [0, 0.05) is 23.5 Å². The SMILES string of the molecule is Cc1cc2cc(CNC(=O)C(C)C)ccc2[nH]c1=O. The van der Waals surface area contributed by atoms with E-state index in [0.717, 1.165) is 16.5 Å². The van der Waals surface area contributed by atoms with E-state index in [1.165, 1.54) is 0 Å². The molecule has 100 valence electrons. The summed E-state index contributed by atoms with van der Waals surface area (Å²) in [6, 6.07) is 7.63. The number of amides is 1. The van der Waals surface area contributed by atoms with Crippen LogP contribution in [0.2, 0.25) is 0 Å². The number of fused-ring (bicyclic) bond motifs is 1. The number of hydrogen-bond acceptors (Lipinski definition) is 2. The number of carbonyl (C=O) groups is 1. The third-order valence-electron chi connectivity index (χ3n) is 3.09. The fourth-order valence-electron chi connectivity index (χ4n) is 1.87. The molecule has 0 spiro atoms. The largest absolute Gasteiger partial charge is 0.352 e. The number of H-pyrrole nitrogens is 1. The van der Waals surface area contributed by atoms with Gasteiger partial charge in [-0.2, -0.15) is 0 Å². The Labute approximate surface area is 111 Å². The molecule has 1 amide bonds. The van der Waals surface area contributed by atoms with Crippen molar-refractivity contribution in [2.45, 2.75) is 27.3 Å². The number of nitrogens with one attached hydrogen (secondary N) is 2. The molecule has 0 aliphatic rings. The van der Waals surface area contributed by atoms with Crippen molar-refractivity contribution in [3.63, 3.8) is 0 Å². The predicted molar refractivity (Wildman–Crippen MR) is 76.0 cm³/mol. The second-order valence-electron chi connectivity index (χ2n) is 5.08. The fraction of sp³-hybridized carbons (Fsp3) is 0.333. The molecule has 2 rings (SSSR count). The van der Waals surface area contributed by atoms with E-state index < -0.39 is 0 Å². The lowest BCUT2D eigenvalue weighted by atomic mass is 10.1. The van der Waals surface area contributed by atoms with E-state index in [0.29, 0.717) is 12.1 Å². The maximum absolute atomic E-state index is 11.5. The smallest absolute Gasteiger partial charge is 0.251 e. The van der Waals surface area contributed by atoms with Crippen molar-refractivity contribution in [3.05, 3.63) is 45.7 Å². The zero-order valence-electron chi connectivity index (χ0n) is 11.4. The van der Waals surface area contributed by atoms with Gasteiger partial charge in [0.1, 0.15) is 0 Å². The average molecular weight is 258 g/mol. The van der Waals surface area contributed by atoms with Crippen LogP contribution in [0.4, 0.5) is 0 Å². The Morgan fingerprint density at radius 2 is 2.05 bits per heavy atom. The van der Waals surface area contributed by atoms with E-state index in [4.69, 9.17) is 0 Å². The van der Waals surface area contributed by atoms with Crippen LogP contribution >= 0.6 is 0 Å². The number of hydrogen-bond donors (Lipinski definition) is 2. The van der Waals surface area contributed by atoms with E-state index >= 15 is 0 Å². The molecule has 0 atom stereocenters. The third kappa shape index (κ3) is 3.02. The molecule has 0 aliphatic heterocycles. The summed E-state index contributed by atoms with van der Waals surface area (Å²) < 4.78 is 0. The fourth-order valence-corrected chi connectivity index (χ4v) is 1.87. The molecule has 19 heavy (non-hydrogen) atoms. The monoisotopic (exact) mass is 258 g/mol. The Morgan fingerprint density at radius 3 is 2.74 bits per heavy atom. The molecule has 0 fully saturated rings. The average Bonchev–Trinajstić information content (AvgIpc) is 2.37. The minimum Gasteiger partial charge on any atom is -0.352 e. The van der Waals surface area contributed by atoms with Crippen molar-refractivity contribution in [1.82, 2.24) is 10.3 Å². The number of aryl methyl sites for hydroxylation is 1. The second-order valence-corrected chi connectivity index (χ2v) is 5.08. The first kappa shape index (κ1) is 13.3. The first-order valence-corrected chi connectivity index (χ1v) is 6.37. The Bertz CT molecular complexity index is 671. The summed E-state index contributed by atoms with van der Waals surface area (Å²) >= 11 is 0. The molecule has 0 bridgehead atoms. The van der Waals surface area contributed by atoms with E-state index in [-0.39, 0.29) is 17.4 Å². The van der Waals surface area contributed by atoms with E-state index in [9.17, 15) is 9.59 Å². The Balaban J connectivity index is 2.24. The number of carbonyl (C=O) groups excluding carboxylic acids is 1. The lowest BCUT2D eigenvalue weighted by Gasteiger charge is -2.08. The minimum atomic E-state index is -0.0617. The van der Waals surface area contributed by atoms with Crippen LogP contribution in [0.3, 0.4) is 0 Å². The maximum Gasteiger partial charge on any atom is 0.251 e. The molecule has 0 saturated heterocycles. The van der Waals surface area contributed by atoms with Crippen LogP contribution in [0.1, 0.15) is 25.0 Å². The molecule has 0 unspecified atom stereocenters. The van der Waals surface area contributed by atoms with Crippen LogP contribution in [-0.2, 0) is 11.3 Å². The van der Waals surface area contributed by atoms with Gasteiger partial charge in [-0.3, -0.25) is 9.59 Å². The molecule has 0 radical (unpaired) electrons. The molecule has 1 heterocycles. The normalized spacial score (nSPS) is 10.9. The summed E-state index contributed by atoms with van der Waals surface area (Å²) in [6.07, 6.45) is 0.